The Morgan fingerprint density at radius 1 is 1.46 bits per heavy atom. The molecule has 0 aromatic rings. The number of carbonyl (C=O) groups is 1. The van der Waals surface area contributed by atoms with Crippen molar-refractivity contribution in [1.82, 2.24) is 0 Å². The third-order valence-electron chi connectivity index (χ3n) is 2.11. The monoisotopic (exact) mass is 184 g/mol. The zero-order chi connectivity index (χ0) is 9.10. The van der Waals surface area contributed by atoms with Gasteiger partial charge in [-0.1, -0.05) is 0 Å². The van der Waals surface area contributed by atoms with Crippen LogP contribution in [0.15, 0.2) is 11.6 Å². The predicted molar refractivity (Wildman–Crippen MR) is 44.2 cm³/mol. The molecule has 0 bridgehead atoms. The molecule has 0 amide bonds. The lowest BCUT2D eigenvalue weighted by Gasteiger charge is -2.26. The highest BCUT2D eigenvalue weighted by Gasteiger charge is 2.24. The van der Waals surface area contributed by atoms with Crippen molar-refractivity contribution in [2.45, 2.75) is 12.5 Å². The van der Waals surface area contributed by atoms with E-state index in [1.165, 1.54) is 0 Å². The second kappa shape index (κ2) is 3.89. The van der Waals surface area contributed by atoms with Crippen LogP contribution in [0.2, 0.25) is 0 Å². The molecule has 0 atom stereocenters. The van der Waals surface area contributed by atoms with Crippen molar-refractivity contribution in [3.63, 3.8) is 0 Å². The molecule has 0 radical (unpaired) electrons. The number of hydrogen-bond donors (Lipinski definition) is 0. The van der Waals surface area contributed by atoms with Gasteiger partial charge in [0.15, 0.2) is 0 Å². The van der Waals surface area contributed by atoms with E-state index in [9.17, 15) is 4.79 Å². The Hall–Kier alpha value is -0.870. The molecule has 2 aliphatic rings. The summed E-state index contributed by atoms with van der Waals surface area (Å²) in [6, 6.07) is 0. The molecule has 0 unspecified atom stereocenters. The van der Waals surface area contributed by atoms with Gasteiger partial charge in [-0.05, 0) is 6.08 Å². The molecule has 0 aliphatic carbocycles. The highest BCUT2D eigenvalue weighted by molar-refractivity contribution is 5.88. The van der Waals surface area contributed by atoms with Crippen molar-refractivity contribution in [3.05, 3.63) is 11.6 Å². The van der Waals surface area contributed by atoms with Gasteiger partial charge in [-0.2, -0.15) is 0 Å². The molecule has 2 heterocycles. The third kappa shape index (κ3) is 2.08. The minimum absolute atomic E-state index is 0.0313. The Labute approximate surface area is 76.5 Å². The van der Waals surface area contributed by atoms with Crippen LogP contribution in [0, 0.1) is 0 Å². The Morgan fingerprint density at radius 3 is 2.85 bits per heavy atom. The highest BCUT2D eigenvalue weighted by Crippen LogP contribution is 2.13. The first-order valence-corrected chi connectivity index (χ1v) is 4.42. The SMILES string of the molecule is O=C(OC1COC1)C1=CCOCC1. The van der Waals surface area contributed by atoms with Crippen molar-refractivity contribution in [3.8, 4) is 0 Å². The minimum Gasteiger partial charge on any atom is -0.454 e. The Bertz CT molecular complexity index is 230. The number of ether oxygens (including phenoxy) is 3. The Kier molecular flexibility index (Phi) is 2.61. The molecule has 4 heteroatoms. The van der Waals surface area contributed by atoms with Crippen molar-refractivity contribution >= 4 is 5.97 Å². The second-order valence-corrected chi connectivity index (χ2v) is 3.12. The van der Waals surface area contributed by atoms with Gasteiger partial charge in [-0.3, -0.25) is 0 Å². The maximum atomic E-state index is 11.4. The van der Waals surface area contributed by atoms with Gasteiger partial charge in [0.2, 0.25) is 0 Å². The normalized spacial score (nSPS) is 23.2. The zero-order valence-electron chi connectivity index (χ0n) is 7.32. The van der Waals surface area contributed by atoms with Crippen LogP contribution in [0.25, 0.3) is 0 Å². The van der Waals surface area contributed by atoms with E-state index in [1.54, 1.807) is 6.08 Å². The van der Waals surface area contributed by atoms with Crippen molar-refractivity contribution < 1.29 is 19.0 Å². The molecule has 2 rings (SSSR count). The molecule has 4 nitrogen and oxygen atoms in total. The fraction of sp³-hybridized carbons (Fsp3) is 0.667. The summed E-state index contributed by atoms with van der Waals surface area (Å²) in [5.41, 5.74) is 0.734. The van der Waals surface area contributed by atoms with Crippen molar-refractivity contribution in [1.29, 1.82) is 0 Å². The zero-order valence-corrected chi connectivity index (χ0v) is 7.32. The van der Waals surface area contributed by atoms with Gasteiger partial charge in [0, 0.05) is 12.0 Å². The van der Waals surface area contributed by atoms with Gasteiger partial charge in [0.1, 0.15) is 6.10 Å². The quantitative estimate of drug-likeness (QED) is 0.578. The first-order valence-electron chi connectivity index (χ1n) is 4.42. The molecule has 13 heavy (non-hydrogen) atoms. The Balaban J connectivity index is 1.84. The van der Waals surface area contributed by atoms with E-state index in [0.717, 1.165) is 5.57 Å². The summed E-state index contributed by atoms with van der Waals surface area (Å²) in [6.45, 7) is 2.21. The molecule has 0 saturated carbocycles. The van der Waals surface area contributed by atoms with E-state index in [1.807, 2.05) is 0 Å². The predicted octanol–water partition coefficient (Wildman–Crippen LogP) is 0.275. The third-order valence-corrected chi connectivity index (χ3v) is 2.11. The summed E-state index contributed by atoms with van der Waals surface area (Å²) < 4.78 is 15.1. The molecular formula is C9H12O4. The molecule has 0 N–H and O–H groups in total. The van der Waals surface area contributed by atoms with Crippen LogP contribution in [0.5, 0.6) is 0 Å². The van der Waals surface area contributed by atoms with Gasteiger partial charge in [0.05, 0.1) is 26.4 Å². The fourth-order valence-electron chi connectivity index (χ4n) is 1.22. The molecule has 0 aromatic heterocycles. The topological polar surface area (TPSA) is 44.8 Å². The molecule has 1 fully saturated rings. The van der Waals surface area contributed by atoms with Crippen LogP contribution in [0.3, 0.4) is 0 Å². The summed E-state index contributed by atoms with van der Waals surface area (Å²) >= 11 is 0. The molecule has 1 saturated heterocycles. The molecular weight excluding hydrogens is 172 g/mol. The highest BCUT2D eigenvalue weighted by atomic mass is 16.6. The maximum absolute atomic E-state index is 11.4. The molecule has 0 spiro atoms. The van der Waals surface area contributed by atoms with Crippen LogP contribution in [0.4, 0.5) is 0 Å². The van der Waals surface area contributed by atoms with E-state index in [-0.39, 0.29) is 12.1 Å². The standard InChI is InChI=1S/C9H12O4/c10-9(13-8-5-12-6-8)7-1-3-11-4-2-7/h1,8H,2-6H2. The smallest absolute Gasteiger partial charge is 0.334 e. The second-order valence-electron chi connectivity index (χ2n) is 3.12. The summed E-state index contributed by atoms with van der Waals surface area (Å²) in [6.07, 6.45) is 2.41. The van der Waals surface area contributed by atoms with Gasteiger partial charge < -0.3 is 14.2 Å². The minimum atomic E-state index is -0.211. The van der Waals surface area contributed by atoms with Crippen LogP contribution < -0.4 is 0 Å². The lowest BCUT2D eigenvalue weighted by molar-refractivity contribution is -0.168. The van der Waals surface area contributed by atoms with E-state index in [2.05, 4.69) is 0 Å². The number of carbonyl (C=O) groups excluding carboxylic acids is 1. The number of hydrogen-bond acceptors (Lipinski definition) is 4. The summed E-state index contributed by atoms with van der Waals surface area (Å²) in [7, 11) is 0. The van der Waals surface area contributed by atoms with E-state index in [0.29, 0.717) is 32.8 Å². The summed E-state index contributed by atoms with van der Waals surface area (Å²) in [5.74, 6) is -0.211. The first kappa shape index (κ1) is 8.72. The summed E-state index contributed by atoms with van der Waals surface area (Å²) in [4.78, 5) is 11.4. The van der Waals surface area contributed by atoms with Crippen molar-refractivity contribution in [2.75, 3.05) is 26.4 Å². The van der Waals surface area contributed by atoms with E-state index >= 15 is 0 Å². The lowest BCUT2D eigenvalue weighted by Crippen LogP contribution is -2.38. The van der Waals surface area contributed by atoms with Crippen LogP contribution >= 0.6 is 0 Å². The van der Waals surface area contributed by atoms with Crippen LogP contribution in [0.1, 0.15) is 6.42 Å². The van der Waals surface area contributed by atoms with Gasteiger partial charge >= 0.3 is 5.97 Å². The maximum Gasteiger partial charge on any atom is 0.334 e. The van der Waals surface area contributed by atoms with Gasteiger partial charge in [0.25, 0.3) is 0 Å². The van der Waals surface area contributed by atoms with Gasteiger partial charge in [-0.25, -0.2) is 4.79 Å². The van der Waals surface area contributed by atoms with E-state index in [4.69, 9.17) is 14.2 Å². The van der Waals surface area contributed by atoms with Crippen LogP contribution in [-0.2, 0) is 19.0 Å². The largest absolute Gasteiger partial charge is 0.454 e. The van der Waals surface area contributed by atoms with Crippen LogP contribution in [-0.4, -0.2) is 38.5 Å². The van der Waals surface area contributed by atoms with Crippen molar-refractivity contribution in [2.24, 2.45) is 0 Å². The van der Waals surface area contributed by atoms with E-state index < -0.39 is 0 Å². The fourth-order valence-corrected chi connectivity index (χ4v) is 1.22. The molecule has 72 valence electrons. The lowest BCUT2D eigenvalue weighted by atomic mass is 10.1. The average molecular weight is 184 g/mol. The molecule has 0 aromatic carbocycles. The van der Waals surface area contributed by atoms with Gasteiger partial charge in [-0.15, -0.1) is 0 Å². The average Bonchev–Trinajstić information content (AvgIpc) is 2.12. The summed E-state index contributed by atoms with van der Waals surface area (Å²) in [5, 5.41) is 0. The molecule has 2 aliphatic heterocycles. The first-order chi connectivity index (χ1) is 6.36. The number of rotatable bonds is 2. The number of esters is 1. The Morgan fingerprint density at radius 2 is 2.31 bits per heavy atom.